The van der Waals surface area contributed by atoms with Crippen molar-refractivity contribution in [3.63, 3.8) is 0 Å². The maximum Gasteiger partial charge on any atom is 0.179 e. The van der Waals surface area contributed by atoms with Crippen LogP contribution in [0.15, 0.2) is 12.1 Å². The van der Waals surface area contributed by atoms with Crippen LogP contribution >= 0.6 is 11.6 Å². The summed E-state index contributed by atoms with van der Waals surface area (Å²) in [6.07, 6.45) is 0.652. The van der Waals surface area contributed by atoms with Crippen LogP contribution in [0.2, 0.25) is 5.02 Å². The molecule has 0 radical (unpaired) electrons. The molecule has 1 aliphatic heterocycles. The second kappa shape index (κ2) is 6.56. The van der Waals surface area contributed by atoms with Crippen LogP contribution in [-0.2, 0) is 17.8 Å². The molecule has 0 saturated carbocycles. The van der Waals surface area contributed by atoms with E-state index in [9.17, 15) is 5.26 Å². The number of nitrogen functional groups attached to an aromatic ring is 1. The van der Waals surface area contributed by atoms with E-state index in [1.54, 1.807) is 12.1 Å². The van der Waals surface area contributed by atoms with Crippen LogP contribution in [0.4, 0.5) is 5.82 Å². The van der Waals surface area contributed by atoms with E-state index >= 15 is 0 Å². The number of nitrogens with two attached hydrogens (primary N) is 1. The minimum Gasteiger partial charge on any atom is -0.493 e. The van der Waals surface area contributed by atoms with Crippen molar-refractivity contribution < 1.29 is 14.2 Å². The summed E-state index contributed by atoms with van der Waals surface area (Å²) in [5, 5.41) is 9.94. The number of hydrogen-bond acceptors (Lipinski definition) is 6. The molecule has 0 fully saturated rings. The van der Waals surface area contributed by atoms with E-state index < -0.39 is 0 Å². The molecule has 0 unspecified atom stereocenters. The lowest BCUT2D eigenvalue weighted by molar-refractivity contribution is 0.109. The third kappa shape index (κ3) is 2.62. The second-order valence-electron chi connectivity index (χ2n) is 5.28. The summed E-state index contributed by atoms with van der Waals surface area (Å²) in [7, 11) is 3.05. The molecule has 124 valence electrons. The summed E-state index contributed by atoms with van der Waals surface area (Å²) in [5.41, 5.74) is 9.40. The Morgan fingerprint density at radius 1 is 1.33 bits per heavy atom. The minimum absolute atomic E-state index is 0.207. The smallest absolute Gasteiger partial charge is 0.179 e. The molecule has 1 aromatic carbocycles. The van der Waals surface area contributed by atoms with Crippen LogP contribution in [-0.4, -0.2) is 25.8 Å². The van der Waals surface area contributed by atoms with Gasteiger partial charge in [-0.05, 0) is 17.7 Å². The summed E-state index contributed by atoms with van der Waals surface area (Å²) < 4.78 is 16.2. The van der Waals surface area contributed by atoms with E-state index in [1.165, 1.54) is 14.2 Å². The molecule has 0 amide bonds. The Hall–Kier alpha value is -2.49. The molecule has 6 nitrogen and oxygen atoms in total. The summed E-state index contributed by atoms with van der Waals surface area (Å²) in [6.45, 7) is 0.954. The van der Waals surface area contributed by atoms with Crippen LogP contribution in [0, 0.1) is 11.3 Å². The van der Waals surface area contributed by atoms with Gasteiger partial charge in [-0.3, -0.25) is 0 Å². The molecule has 24 heavy (non-hydrogen) atoms. The first-order valence-corrected chi connectivity index (χ1v) is 7.69. The highest BCUT2D eigenvalue weighted by Crippen LogP contribution is 2.42. The first kappa shape index (κ1) is 16.4. The Balaban J connectivity index is 2.32. The quantitative estimate of drug-likeness (QED) is 0.919. The lowest BCUT2D eigenvalue weighted by Gasteiger charge is -2.22. The van der Waals surface area contributed by atoms with Gasteiger partial charge < -0.3 is 19.9 Å². The third-order valence-corrected chi connectivity index (χ3v) is 4.26. The highest BCUT2D eigenvalue weighted by Gasteiger charge is 2.24. The standard InChI is InChI=1S/C17H16ClN3O3/c1-22-14-6-9(5-12(18)16(14)23-2)15-10(7-19)17(20)21-13-3-4-24-8-11(13)15/h5-6H,3-4,8H2,1-2H3,(H2,20,21). The zero-order valence-electron chi connectivity index (χ0n) is 13.4. The highest BCUT2D eigenvalue weighted by atomic mass is 35.5. The van der Waals surface area contributed by atoms with E-state index in [4.69, 9.17) is 31.5 Å². The van der Waals surface area contributed by atoms with E-state index in [0.717, 1.165) is 11.3 Å². The zero-order valence-corrected chi connectivity index (χ0v) is 14.1. The average molecular weight is 346 g/mol. The number of nitrogens with zero attached hydrogens (tertiary/aromatic N) is 2. The summed E-state index contributed by atoms with van der Waals surface area (Å²) in [4.78, 5) is 4.36. The van der Waals surface area contributed by atoms with Gasteiger partial charge in [-0.2, -0.15) is 5.26 Å². The van der Waals surface area contributed by atoms with Gasteiger partial charge in [0.1, 0.15) is 17.5 Å². The van der Waals surface area contributed by atoms with Crippen LogP contribution in [0.1, 0.15) is 16.8 Å². The van der Waals surface area contributed by atoms with Gasteiger partial charge >= 0.3 is 0 Å². The molecule has 2 N–H and O–H groups in total. The van der Waals surface area contributed by atoms with Gasteiger partial charge in [-0.25, -0.2) is 4.98 Å². The first-order chi connectivity index (χ1) is 11.6. The Bertz CT molecular complexity index is 846. The lowest BCUT2D eigenvalue weighted by atomic mass is 9.92. The van der Waals surface area contributed by atoms with Gasteiger partial charge in [0.2, 0.25) is 0 Å². The topological polar surface area (TPSA) is 90.4 Å². The number of fused-ring (bicyclic) bond motifs is 1. The molecular weight excluding hydrogens is 330 g/mol. The van der Waals surface area contributed by atoms with Crippen LogP contribution in [0.25, 0.3) is 11.1 Å². The van der Waals surface area contributed by atoms with Gasteiger partial charge in [0, 0.05) is 17.5 Å². The fraction of sp³-hybridized carbons (Fsp3) is 0.294. The van der Waals surface area contributed by atoms with Crippen molar-refractivity contribution in [2.75, 3.05) is 26.6 Å². The Kier molecular flexibility index (Phi) is 4.47. The molecule has 2 heterocycles. The maximum absolute atomic E-state index is 9.56. The number of nitriles is 1. The molecular formula is C17H16ClN3O3. The van der Waals surface area contributed by atoms with Gasteiger partial charge in [0.25, 0.3) is 0 Å². The van der Waals surface area contributed by atoms with Gasteiger partial charge in [0.15, 0.2) is 11.5 Å². The lowest BCUT2D eigenvalue weighted by Crippen LogP contribution is -2.16. The number of anilines is 1. The molecule has 0 atom stereocenters. The number of pyridine rings is 1. The number of aromatic nitrogens is 1. The number of methoxy groups -OCH3 is 2. The summed E-state index contributed by atoms with van der Waals surface area (Å²) in [6, 6.07) is 5.64. The first-order valence-electron chi connectivity index (χ1n) is 7.31. The monoisotopic (exact) mass is 345 g/mol. The molecule has 0 aliphatic carbocycles. The van der Waals surface area contributed by atoms with Crippen LogP contribution in [0.5, 0.6) is 11.5 Å². The molecule has 0 bridgehead atoms. The van der Waals surface area contributed by atoms with Crippen molar-refractivity contribution in [2.45, 2.75) is 13.0 Å². The highest BCUT2D eigenvalue weighted by molar-refractivity contribution is 6.32. The Morgan fingerprint density at radius 2 is 2.12 bits per heavy atom. The predicted octanol–water partition coefficient (Wildman–Crippen LogP) is 2.95. The fourth-order valence-electron chi connectivity index (χ4n) is 2.89. The number of benzene rings is 1. The largest absolute Gasteiger partial charge is 0.493 e. The van der Waals surface area contributed by atoms with Crippen molar-refractivity contribution in [3.8, 4) is 28.7 Å². The van der Waals surface area contributed by atoms with E-state index in [-0.39, 0.29) is 5.82 Å². The maximum atomic E-state index is 9.56. The van der Waals surface area contributed by atoms with E-state index in [2.05, 4.69) is 11.1 Å². The molecule has 1 aromatic heterocycles. The molecule has 7 heteroatoms. The Morgan fingerprint density at radius 3 is 2.79 bits per heavy atom. The number of rotatable bonds is 3. The minimum atomic E-state index is 0.207. The van der Waals surface area contributed by atoms with Gasteiger partial charge in [0.05, 0.1) is 38.1 Å². The van der Waals surface area contributed by atoms with Crippen molar-refractivity contribution in [3.05, 3.63) is 34.0 Å². The van der Waals surface area contributed by atoms with E-state index in [0.29, 0.717) is 52.8 Å². The SMILES string of the molecule is COc1cc(-c2c(C#N)c(N)nc3c2COCC3)cc(Cl)c1OC. The van der Waals surface area contributed by atoms with Crippen LogP contribution in [0.3, 0.4) is 0 Å². The van der Waals surface area contributed by atoms with Crippen molar-refractivity contribution in [1.82, 2.24) is 4.98 Å². The normalized spacial score (nSPS) is 13.1. The predicted molar refractivity (Wildman–Crippen MR) is 90.3 cm³/mol. The fourth-order valence-corrected chi connectivity index (χ4v) is 3.18. The van der Waals surface area contributed by atoms with Crippen molar-refractivity contribution >= 4 is 17.4 Å². The molecule has 2 aromatic rings. The molecule has 1 aliphatic rings. The number of ether oxygens (including phenoxy) is 3. The molecule has 3 rings (SSSR count). The van der Waals surface area contributed by atoms with Crippen LogP contribution < -0.4 is 15.2 Å². The second-order valence-corrected chi connectivity index (χ2v) is 5.69. The van der Waals surface area contributed by atoms with Crippen molar-refractivity contribution in [2.24, 2.45) is 0 Å². The molecule has 0 saturated heterocycles. The zero-order chi connectivity index (χ0) is 17.3. The average Bonchev–Trinajstić information content (AvgIpc) is 2.59. The van der Waals surface area contributed by atoms with Crippen molar-refractivity contribution in [1.29, 1.82) is 5.26 Å². The number of hydrogen-bond donors (Lipinski definition) is 1. The Labute approximate surface area is 144 Å². The summed E-state index contributed by atoms with van der Waals surface area (Å²) >= 11 is 6.32. The third-order valence-electron chi connectivity index (χ3n) is 3.98. The summed E-state index contributed by atoms with van der Waals surface area (Å²) in [5.74, 6) is 1.12. The number of halogens is 1. The van der Waals surface area contributed by atoms with Gasteiger partial charge in [-0.1, -0.05) is 11.6 Å². The van der Waals surface area contributed by atoms with E-state index in [1.807, 2.05) is 0 Å². The molecule has 0 spiro atoms. The van der Waals surface area contributed by atoms with Gasteiger partial charge in [-0.15, -0.1) is 0 Å².